The lowest BCUT2D eigenvalue weighted by Crippen LogP contribution is -2.42. The number of nitrogens with zero attached hydrogens (tertiary/aromatic N) is 1. The second-order valence-corrected chi connectivity index (χ2v) is 6.37. The van der Waals surface area contributed by atoms with E-state index in [1.165, 1.54) is 31.7 Å². The molecule has 1 atom stereocenters. The molecule has 1 aliphatic carbocycles. The minimum Gasteiger partial charge on any atom is -0.486 e. The van der Waals surface area contributed by atoms with Crippen LogP contribution in [0.25, 0.3) is 0 Å². The predicted molar refractivity (Wildman–Crippen MR) is 114 cm³/mol. The Balaban J connectivity index is 0.00000338. The first-order chi connectivity index (χ1) is 12.2. The van der Waals surface area contributed by atoms with E-state index in [2.05, 4.69) is 15.6 Å². The molecule has 0 aromatic heterocycles. The van der Waals surface area contributed by atoms with Crippen LogP contribution in [0.5, 0.6) is 5.75 Å². The van der Waals surface area contributed by atoms with Crippen LogP contribution in [0.3, 0.4) is 0 Å². The summed E-state index contributed by atoms with van der Waals surface area (Å²) in [4.78, 5) is 4.18. The summed E-state index contributed by atoms with van der Waals surface area (Å²) in [6.45, 7) is 4.01. The highest BCUT2D eigenvalue weighted by molar-refractivity contribution is 14.0. The lowest BCUT2D eigenvalue weighted by atomic mass is 10.3. The lowest BCUT2D eigenvalue weighted by Gasteiger charge is -2.18. The van der Waals surface area contributed by atoms with Gasteiger partial charge < -0.3 is 20.1 Å². The maximum absolute atomic E-state index is 13.6. The Morgan fingerprint density at radius 3 is 2.69 bits per heavy atom. The number of rotatable bonds is 9. The summed E-state index contributed by atoms with van der Waals surface area (Å²) < 4.78 is 25.0. The van der Waals surface area contributed by atoms with Crippen LogP contribution in [-0.4, -0.2) is 44.9 Å². The zero-order valence-corrected chi connectivity index (χ0v) is 18.0. The van der Waals surface area contributed by atoms with Crippen molar-refractivity contribution in [3.63, 3.8) is 0 Å². The van der Waals surface area contributed by atoms with Gasteiger partial charge in [0.2, 0.25) is 0 Å². The highest BCUT2D eigenvalue weighted by Gasteiger charge is 2.14. The van der Waals surface area contributed by atoms with Crippen molar-refractivity contribution in [3.05, 3.63) is 30.1 Å². The Hall–Kier alpha value is -1.09. The van der Waals surface area contributed by atoms with Crippen molar-refractivity contribution in [2.24, 2.45) is 4.99 Å². The molecule has 5 nitrogen and oxygen atoms in total. The lowest BCUT2D eigenvalue weighted by molar-refractivity contribution is 0.0574. The molecule has 2 N–H and O–H groups in total. The average molecular weight is 479 g/mol. The van der Waals surface area contributed by atoms with Gasteiger partial charge in [0.15, 0.2) is 17.5 Å². The van der Waals surface area contributed by atoms with Crippen LogP contribution in [0.15, 0.2) is 29.3 Å². The first kappa shape index (κ1) is 23.0. The fraction of sp³-hybridized carbons (Fsp3) is 0.632. The number of aliphatic imine (C=N–C) groups is 1. The van der Waals surface area contributed by atoms with Crippen LogP contribution in [-0.2, 0) is 4.74 Å². The Morgan fingerprint density at radius 2 is 2.00 bits per heavy atom. The Morgan fingerprint density at radius 1 is 1.27 bits per heavy atom. The van der Waals surface area contributed by atoms with Gasteiger partial charge in [0.1, 0.15) is 6.10 Å². The molecule has 1 fully saturated rings. The predicted octanol–water partition coefficient (Wildman–Crippen LogP) is 3.73. The highest BCUT2D eigenvalue weighted by Crippen LogP contribution is 2.20. The van der Waals surface area contributed by atoms with Gasteiger partial charge in [0.25, 0.3) is 0 Å². The number of para-hydroxylation sites is 1. The Bertz CT molecular complexity index is 539. The molecule has 7 heteroatoms. The molecule has 2 rings (SSSR count). The minimum atomic E-state index is -0.348. The van der Waals surface area contributed by atoms with Gasteiger partial charge in [0, 0.05) is 20.2 Å². The summed E-state index contributed by atoms with van der Waals surface area (Å²) in [5.41, 5.74) is 0. The van der Waals surface area contributed by atoms with Crippen LogP contribution in [0.1, 0.15) is 39.0 Å². The number of halogens is 2. The van der Waals surface area contributed by atoms with Crippen LogP contribution >= 0.6 is 24.0 Å². The van der Waals surface area contributed by atoms with E-state index in [-0.39, 0.29) is 41.6 Å². The van der Waals surface area contributed by atoms with E-state index in [0.29, 0.717) is 18.6 Å². The fourth-order valence-electron chi connectivity index (χ4n) is 2.84. The smallest absolute Gasteiger partial charge is 0.191 e. The van der Waals surface area contributed by atoms with Crippen LogP contribution < -0.4 is 15.4 Å². The molecule has 0 spiro atoms. The number of guanidine groups is 1. The monoisotopic (exact) mass is 479 g/mol. The molecule has 148 valence electrons. The number of ether oxygens (including phenoxy) is 2. The van der Waals surface area contributed by atoms with Gasteiger partial charge >= 0.3 is 0 Å². The molecule has 0 radical (unpaired) electrons. The van der Waals surface area contributed by atoms with E-state index in [1.807, 2.05) is 6.92 Å². The van der Waals surface area contributed by atoms with Crippen LogP contribution in [0.2, 0.25) is 0 Å². The highest BCUT2D eigenvalue weighted by atomic mass is 127. The van der Waals surface area contributed by atoms with Gasteiger partial charge in [-0.05, 0) is 38.3 Å². The van der Waals surface area contributed by atoms with E-state index >= 15 is 0 Å². The zero-order chi connectivity index (χ0) is 17.9. The Labute approximate surface area is 173 Å². The van der Waals surface area contributed by atoms with E-state index < -0.39 is 0 Å². The van der Waals surface area contributed by atoms with Gasteiger partial charge in [-0.3, -0.25) is 4.99 Å². The number of benzene rings is 1. The van der Waals surface area contributed by atoms with E-state index in [0.717, 1.165) is 19.6 Å². The molecule has 0 heterocycles. The SMILES string of the molecule is CN=C(NCCCOC1CCCC1)NCC(C)Oc1ccccc1F.I. The summed E-state index contributed by atoms with van der Waals surface area (Å²) in [7, 11) is 1.73. The number of hydrogen-bond donors (Lipinski definition) is 2. The normalized spacial score (nSPS) is 16.0. The minimum absolute atomic E-state index is 0. The molecule has 0 amide bonds. The van der Waals surface area contributed by atoms with Crippen molar-refractivity contribution in [2.45, 2.75) is 51.2 Å². The first-order valence-corrected chi connectivity index (χ1v) is 9.16. The summed E-state index contributed by atoms with van der Waals surface area (Å²) in [6, 6.07) is 6.42. The molecule has 1 saturated carbocycles. The van der Waals surface area contributed by atoms with Gasteiger partial charge in [-0.2, -0.15) is 0 Å². The van der Waals surface area contributed by atoms with E-state index in [1.54, 1.807) is 25.2 Å². The first-order valence-electron chi connectivity index (χ1n) is 9.16. The fourth-order valence-corrected chi connectivity index (χ4v) is 2.84. The molecule has 0 bridgehead atoms. The number of nitrogens with one attached hydrogen (secondary N) is 2. The third-order valence-corrected chi connectivity index (χ3v) is 4.21. The standard InChI is InChI=1S/C19H30FN3O2.HI/c1-15(25-18-11-6-5-10-17(18)20)14-23-19(21-2)22-12-7-13-24-16-8-3-4-9-16;/h5-6,10-11,15-16H,3-4,7-9,12-14H2,1-2H3,(H2,21,22,23);1H. The van der Waals surface area contributed by atoms with Gasteiger partial charge in [-0.25, -0.2) is 4.39 Å². The third kappa shape index (κ3) is 8.53. The zero-order valence-electron chi connectivity index (χ0n) is 15.7. The largest absolute Gasteiger partial charge is 0.486 e. The van der Waals surface area contributed by atoms with E-state index in [4.69, 9.17) is 9.47 Å². The van der Waals surface area contributed by atoms with Gasteiger partial charge in [-0.15, -0.1) is 24.0 Å². The average Bonchev–Trinajstić information content (AvgIpc) is 3.13. The molecule has 1 aromatic rings. The summed E-state index contributed by atoms with van der Waals surface area (Å²) in [5.74, 6) is 0.632. The Kier molecular flexibility index (Phi) is 11.6. The van der Waals surface area contributed by atoms with Crippen LogP contribution in [0, 0.1) is 5.82 Å². The summed E-state index contributed by atoms with van der Waals surface area (Å²) >= 11 is 0. The second-order valence-electron chi connectivity index (χ2n) is 6.37. The molecule has 1 unspecified atom stereocenters. The molecule has 1 aliphatic rings. The molecular weight excluding hydrogens is 448 g/mol. The van der Waals surface area contributed by atoms with Crippen molar-refractivity contribution in [1.82, 2.24) is 10.6 Å². The second kappa shape index (κ2) is 13.1. The summed E-state index contributed by atoms with van der Waals surface area (Å²) in [6.07, 6.45) is 6.24. The van der Waals surface area contributed by atoms with Crippen LogP contribution in [0.4, 0.5) is 4.39 Å². The topological polar surface area (TPSA) is 54.9 Å². The molecule has 0 saturated heterocycles. The van der Waals surface area contributed by atoms with Crippen molar-refractivity contribution < 1.29 is 13.9 Å². The molecule has 0 aliphatic heterocycles. The number of hydrogen-bond acceptors (Lipinski definition) is 3. The van der Waals surface area contributed by atoms with Crippen molar-refractivity contribution >= 4 is 29.9 Å². The third-order valence-electron chi connectivity index (χ3n) is 4.21. The quantitative estimate of drug-likeness (QED) is 0.245. The maximum Gasteiger partial charge on any atom is 0.191 e. The summed E-state index contributed by atoms with van der Waals surface area (Å²) in [5, 5.41) is 6.45. The maximum atomic E-state index is 13.6. The molecular formula is C19H31FIN3O2. The van der Waals surface area contributed by atoms with Crippen molar-refractivity contribution in [3.8, 4) is 5.75 Å². The molecule has 1 aromatic carbocycles. The van der Waals surface area contributed by atoms with E-state index in [9.17, 15) is 4.39 Å². The molecule has 26 heavy (non-hydrogen) atoms. The van der Waals surface area contributed by atoms with Gasteiger partial charge in [0.05, 0.1) is 12.6 Å². The van der Waals surface area contributed by atoms with Gasteiger partial charge in [-0.1, -0.05) is 25.0 Å². The van der Waals surface area contributed by atoms with Crippen molar-refractivity contribution in [2.75, 3.05) is 26.7 Å². The van der Waals surface area contributed by atoms with Crippen molar-refractivity contribution in [1.29, 1.82) is 0 Å².